The van der Waals surface area contributed by atoms with Gasteiger partial charge in [0.15, 0.2) is 5.79 Å². The molecule has 2 saturated heterocycles. The van der Waals surface area contributed by atoms with Crippen LogP contribution in [0.3, 0.4) is 0 Å². The lowest BCUT2D eigenvalue weighted by Crippen LogP contribution is -2.71. The van der Waals surface area contributed by atoms with Crippen LogP contribution in [0, 0.1) is 5.92 Å². The van der Waals surface area contributed by atoms with E-state index >= 15 is 0 Å². The number of hydroxylamine groups is 2. The molecule has 0 amide bonds. The van der Waals surface area contributed by atoms with Crippen molar-refractivity contribution in [1.29, 1.82) is 0 Å². The minimum absolute atomic E-state index is 0.108. The molecule has 21 heavy (non-hydrogen) atoms. The van der Waals surface area contributed by atoms with Gasteiger partial charge in [-0.25, -0.2) is 0 Å². The summed E-state index contributed by atoms with van der Waals surface area (Å²) >= 11 is 0. The normalized spacial score (nSPS) is 39.6. The van der Waals surface area contributed by atoms with Gasteiger partial charge in [-0.15, -0.1) is 5.06 Å². The van der Waals surface area contributed by atoms with Gasteiger partial charge in [-0.05, 0) is 26.7 Å². The zero-order valence-corrected chi connectivity index (χ0v) is 14.2. The van der Waals surface area contributed by atoms with E-state index in [9.17, 15) is 4.79 Å². The number of carbonyl (C=O) groups excluding carboxylic acids is 1. The SMILES string of the molecule is CCC1(C)CC2(OCCO2)C(C)C(C)(CC)N1OC(C)=O. The number of piperidine rings is 1. The maximum absolute atomic E-state index is 11.6. The van der Waals surface area contributed by atoms with Crippen LogP contribution >= 0.6 is 0 Å². The first-order valence-corrected chi connectivity index (χ1v) is 8.01. The molecule has 122 valence electrons. The third kappa shape index (κ3) is 2.49. The molecule has 0 radical (unpaired) electrons. The van der Waals surface area contributed by atoms with Gasteiger partial charge in [-0.1, -0.05) is 20.8 Å². The third-order valence-electron chi connectivity index (χ3n) is 5.65. The number of carbonyl (C=O) groups is 1. The summed E-state index contributed by atoms with van der Waals surface area (Å²) in [4.78, 5) is 17.3. The Kier molecular flexibility index (Phi) is 4.40. The molecule has 0 aromatic rings. The molecule has 2 aliphatic rings. The number of rotatable bonds is 3. The van der Waals surface area contributed by atoms with Crippen LogP contribution < -0.4 is 0 Å². The van der Waals surface area contributed by atoms with E-state index in [1.165, 1.54) is 6.92 Å². The summed E-state index contributed by atoms with van der Waals surface area (Å²) in [6, 6.07) is 0. The topological polar surface area (TPSA) is 48.0 Å². The average Bonchev–Trinajstić information content (AvgIpc) is 2.90. The van der Waals surface area contributed by atoms with E-state index in [4.69, 9.17) is 14.3 Å². The minimum atomic E-state index is -0.563. The maximum atomic E-state index is 11.6. The van der Waals surface area contributed by atoms with Crippen molar-refractivity contribution in [1.82, 2.24) is 5.06 Å². The van der Waals surface area contributed by atoms with Crippen molar-refractivity contribution in [3.8, 4) is 0 Å². The van der Waals surface area contributed by atoms with E-state index in [0.717, 1.165) is 12.8 Å². The standard InChI is InChI=1S/C16H29NO4/c1-7-14(5)11-16(19-9-10-20-16)12(3)15(6,8-2)17(14)21-13(4)18/h12H,7-11H2,1-6H3. The highest BCUT2D eigenvalue weighted by Crippen LogP contribution is 2.53. The van der Waals surface area contributed by atoms with E-state index in [1.807, 2.05) is 5.06 Å². The second-order valence-electron chi connectivity index (χ2n) is 6.85. The Morgan fingerprint density at radius 1 is 1.24 bits per heavy atom. The Balaban J connectivity index is 2.47. The second kappa shape index (κ2) is 5.52. The van der Waals surface area contributed by atoms with Crippen LogP contribution in [0.5, 0.6) is 0 Å². The lowest BCUT2D eigenvalue weighted by molar-refractivity contribution is -0.351. The van der Waals surface area contributed by atoms with Gasteiger partial charge in [-0.3, -0.25) is 4.79 Å². The van der Waals surface area contributed by atoms with Crippen molar-refractivity contribution in [3.05, 3.63) is 0 Å². The zero-order chi connectivity index (χ0) is 15.9. The fourth-order valence-corrected chi connectivity index (χ4v) is 3.91. The van der Waals surface area contributed by atoms with Gasteiger partial charge in [0, 0.05) is 19.3 Å². The highest BCUT2D eigenvalue weighted by atomic mass is 16.7. The predicted octanol–water partition coefficient (Wildman–Crippen LogP) is 2.89. The second-order valence-corrected chi connectivity index (χ2v) is 6.85. The van der Waals surface area contributed by atoms with Gasteiger partial charge in [0.25, 0.3) is 0 Å². The average molecular weight is 299 g/mol. The van der Waals surface area contributed by atoms with Crippen molar-refractivity contribution in [2.24, 2.45) is 5.92 Å². The number of hydrogen-bond donors (Lipinski definition) is 0. The summed E-state index contributed by atoms with van der Waals surface area (Å²) in [6.45, 7) is 13.4. The lowest BCUT2D eigenvalue weighted by atomic mass is 9.67. The Hall–Kier alpha value is -0.650. The Labute approximate surface area is 127 Å². The van der Waals surface area contributed by atoms with Gasteiger partial charge in [0.05, 0.1) is 24.3 Å². The van der Waals surface area contributed by atoms with Gasteiger partial charge < -0.3 is 14.3 Å². The fourth-order valence-electron chi connectivity index (χ4n) is 3.91. The molecule has 0 aromatic heterocycles. The van der Waals surface area contributed by atoms with E-state index < -0.39 is 5.79 Å². The number of hydrogen-bond acceptors (Lipinski definition) is 5. The largest absolute Gasteiger partial charge is 0.367 e. The molecule has 0 saturated carbocycles. The van der Waals surface area contributed by atoms with Gasteiger partial charge >= 0.3 is 5.97 Å². The zero-order valence-electron chi connectivity index (χ0n) is 14.2. The molecule has 2 fully saturated rings. The first-order chi connectivity index (χ1) is 9.74. The van der Waals surface area contributed by atoms with Gasteiger partial charge in [-0.2, -0.15) is 0 Å². The van der Waals surface area contributed by atoms with Crippen LogP contribution in [0.15, 0.2) is 0 Å². The van der Waals surface area contributed by atoms with Crippen molar-refractivity contribution in [2.45, 2.75) is 77.7 Å². The Bertz CT molecular complexity index is 407. The smallest absolute Gasteiger partial charge is 0.322 e. The molecule has 3 atom stereocenters. The molecule has 0 aliphatic carbocycles. The van der Waals surface area contributed by atoms with Crippen LogP contribution in [0.25, 0.3) is 0 Å². The summed E-state index contributed by atoms with van der Waals surface area (Å²) in [5, 5.41) is 1.92. The van der Waals surface area contributed by atoms with E-state index in [0.29, 0.717) is 19.6 Å². The van der Waals surface area contributed by atoms with Crippen molar-refractivity contribution < 1.29 is 19.1 Å². The summed E-state index contributed by atoms with van der Waals surface area (Å²) < 4.78 is 12.1. The molecule has 0 bridgehead atoms. The van der Waals surface area contributed by atoms with Gasteiger partial charge in [0.2, 0.25) is 0 Å². The molecule has 2 rings (SSSR count). The molecular formula is C16H29NO4. The Morgan fingerprint density at radius 3 is 2.24 bits per heavy atom. The predicted molar refractivity (Wildman–Crippen MR) is 79.4 cm³/mol. The van der Waals surface area contributed by atoms with Crippen LogP contribution in [-0.2, 0) is 19.1 Å². The third-order valence-corrected chi connectivity index (χ3v) is 5.65. The first-order valence-electron chi connectivity index (χ1n) is 8.01. The molecule has 2 heterocycles. The molecule has 0 N–H and O–H groups in total. The van der Waals surface area contributed by atoms with E-state index in [2.05, 4.69) is 34.6 Å². The number of nitrogens with zero attached hydrogens (tertiary/aromatic N) is 1. The first kappa shape index (κ1) is 16.7. The van der Waals surface area contributed by atoms with Crippen molar-refractivity contribution >= 4 is 5.97 Å². The molecule has 0 aromatic carbocycles. The summed E-state index contributed by atoms with van der Waals surface area (Å²) in [5.74, 6) is -0.728. The van der Waals surface area contributed by atoms with Crippen LogP contribution in [0.4, 0.5) is 0 Å². The van der Waals surface area contributed by atoms with Crippen LogP contribution in [-0.4, -0.2) is 41.1 Å². The lowest BCUT2D eigenvalue weighted by Gasteiger charge is -2.60. The summed E-state index contributed by atoms with van der Waals surface area (Å²) in [5.41, 5.74) is -0.619. The Morgan fingerprint density at radius 2 is 1.81 bits per heavy atom. The highest BCUT2D eigenvalue weighted by molar-refractivity contribution is 5.65. The molecule has 5 nitrogen and oxygen atoms in total. The minimum Gasteiger partial charge on any atom is -0.367 e. The number of ether oxygens (including phenoxy) is 2. The fraction of sp³-hybridized carbons (Fsp3) is 0.938. The van der Waals surface area contributed by atoms with Crippen molar-refractivity contribution in [2.75, 3.05) is 13.2 Å². The molecule has 5 heteroatoms. The van der Waals surface area contributed by atoms with Crippen LogP contribution in [0.1, 0.15) is 60.8 Å². The quantitative estimate of drug-likeness (QED) is 0.802. The van der Waals surface area contributed by atoms with E-state index in [1.54, 1.807) is 0 Å². The molecule has 3 unspecified atom stereocenters. The van der Waals surface area contributed by atoms with Crippen LogP contribution in [0.2, 0.25) is 0 Å². The maximum Gasteiger partial charge on any atom is 0.322 e. The van der Waals surface area contributed by atoms with Crippen molar-refractivity contribution in [3.63, 3.8) is 0 Å². The monoisotopic (exact) mass is 299 g/mol. The molecule has 2 aliphatic heterocycles. The van der Waals surface area contributed by atoms with Gasteiger partial charge in [0.1, 0.15) is 0 Å². The highest BCUT2D eigenvalue weighted by Gasteiger charge is 2.63. The molecular weight excluding hydrogens is 270 g/mol. The van der Waals surface area contributed by atoms with E-state index in [-0.39, 0.29) is 23.0 Å². The molecule has 1 spiro atoms. The summed E-state index contributed by atoms with van der Waals surface area (Å²) in [6.07, 6.45) is 2.42. The summed E-state index contributed by atoms with van der Waals surface area (Å²) in [7, 11) is 0.